The molecule has 156 valence electrons. The molecule has 3 aromatic carbocycles. The second-order valence-corrected chi connectivity index (χ2v) is 9.96. The standard InChI is InChI=1S/C25H28N2O2S/c1-20-13-15-24(16-14-20)30(28,29)27-19-25(27)21(2)26(17-22-9-5-3-6-10-22)18-23-11-7-4-8-12-23/h3-16,21,25H,17-19H2,1-2H3/t21-,25+,27?/m0/s1. The van der Waals surface area contributed by atoms with Crippen molar-refractivity contribution >= 4 is 10.0 Å². The largest absolute Gasteiger partial charge is 0.291 e. The van der Waals surface area contributed by atoms with Gasteiger partial charge in [-0.25, -0.2) is 8.42 Å². The summed E-state index contributed by atoms with van der Waals surface area (Å²) in [5.41, 5.74) is 3.52. The molecule has 0 spiro atoms. The number of sulfonamides is 1. The summed E-state index contributed by atoms with van der Waals surface area (Å²) in [4.78, 5) is 2.75. The number of aryl methyl sites for hydroxylation is 1. The van der Waals surface area contributed by atoms with Gasteiger partial charge in [-0.15, -0.1) is 0 Å². The fourth-order valence-corrected chi connectivity index (χ4v) is 5.51. The molecule has 1 unspecified atom stereocenters. The van der Waals surface area contributed by atoms with E-state index in [1.54, 1.807) is 16.4 Å². The van der Waals surface area contributed by atoms with Crippen LogP contribution in [0.15, 0.2) is 89.8 Å². The van der Waals surface area contributed by atoms with E-state index in [1.165, 1.54) is 11.1 Å². The van der Waals surface area contributed by atoms with E-state index in [0.717, 1.165) is 18.7 Å². The van der Waals surface area contributed by atoms with E-state index < -0.39 is 10.0 Å². The lowest BCUT2D eigenvalue weighted by Gasteiger charge is -2.29. The van der Waals surface area contributed by atoms with Gasteiger partial charge < -0.3 is 0 Å². The first kappa shape index (κ1) is 20.8. The van der Waals surface area contributed by atoms with Crippen LogP contribution in [-0.4, -0.2) is 36.3 Å². The van der Waals surface area contributed by atoms with Crippen molar-refractivity contribution in [3.63, 3.8) is 0 Å². The van der Waals surface area contributed by atoms with Crippen molar-refractivity contribution in [2.24, 2.45) is 0 Å². The molecule has 5 heteroatoms. The third-order valence-corrected chi connectivity index (χ3v) is 7.73. The second-order valence-electron chi connectivity index (χ2n) is 8.07. The highest BCUT2D eigenvalue weighted by Gasteiger charge is 2.48. The van der Waals surface area contributed by atoms with Crippen molar-refractivity contribution in [1.29, 1.82) is 0 Å². The molecule has 0 aliphatic carbocycles. The molecule has 3 atom stereocenters. The predicted molar refractivity (Wildman–Crippen MR) is 120 cm³/mol. The molecule has 0 saturated carbocycles. The zero-order chi connectivity index (χ0) is 21.1. The Balaban J connectivity index is 1.53. The molecule has 4 rings (SSSR count). The minimum atomic E-state index is -3.45. The summed E-state index contributed by atoms with van der Waals surface area (Å²) >= 11 is 0. The molecule has 1 saturated heterocycles. The summed E-state index contributed by atoms with van der Waals surface area (Å²) in [5.74, 6) is 0. The first-order valence-corrected chi connectivity index (χ1v) is 11.8. The van der Waals surface area contributed by atoms with Gasteiger partial charge in [-0.1, -0.05) is 78.4 Å². The van der Waals surface area contributed by atoms with Crippen molar-refractivity contribution in [3.05, 3.63) is 102 Å². The lowest BCUT2D eigenvalue weighted by Crippen LogP contribution is -2.38. The molecule has 0 aromatic heterocycles. The summed E-state index contributed by atoms with van der Waals surface area (Å²) in [6, 6.07) is 27.9. The first-order valence-electron chi connectivity index (χ1n) is 10.4. The van der Waals surface area contributed by atoms with Gasteiger partial charge in [-0.05, 0) is 37.1 Å². The molecule has 1 aliphatic heterocycles. The zero-order valence-electron chi connectivity index (χ0n) is 17.5. The first-order chi connectivity index (χ1) is 14.4. The Labute approximate surface area is 179 Å². The number of rotatable bonds is 8. The zero-order valence-corrected chi connectivity index (χ0v) is 18.3. The monoisotopic (exact) mass is 420 g/mol. The smallest absolute Gasteiger partial charge is 0.243 e. The minimum absolute atomic E-state index is 0.0104. The van der Waals surface area contributed by atoms with Gasteiger partial charge in [-0.3, -0.25) is 4.90 Å². The van der Waals surface area contributed by atoms with Crippen molar-refractivity contribution in [2.75, 3.05) is 6.54 Å². The molecule has 0 radical (unpaired) electrons. The predicted octanol–water partition coefficient (Wildman–Crippen LogP) is 4.46. The Morgan fingerprint density at radius 3 is 1.87 bits per heavy atom. The maximum Gasteiger partial charge on any atom is 0.243 e. The van der Waals surface area contributed by atoms with Gasteiger partial charge in [-0.2, -0.15) is 4.31 Å². The lowest BCUT2D eigenvalue weighted by atomic mass is 10.1. The topological polar surface area (TPSA) is 40.4 Å². The van der Waals surface area contributed by atoms with Crippen LogP contribution < -0.4 is 0 Å². The van der Waals surface area contributed by atoms with Crippen molar-refractivity contribution < 1.29 is 8.42 Å². The van der Waals surface area contributed by atoms with Crippen LogP contribution in [0, 0.1) is 6.92 Å². The van der Waals surface area contributed by atoms with Gasteiger partial charge in [0, 0.05) is 25.7 Å². The molecule has 3 aromatic rings. The molecule has 1 aliphatic rings. The van der Waals surface area contributed by atoms with Crippen LogP contribution >= 0.6 is 0 Å². The molecule has 0 bridgehead atoms. The maximum atomic E-state index is 13.1. The van der Waals surface area contributed by atoms with Crippen LogP contribution in [0.4, 0.5) is 0 Å². The van der Waals surface area contributed by atoms with E-state index in [1.807, 2.05) is 55.5 Å². The van der Waals surface area contributed by atoms with E-state index in [-0.39, 0.29) is 12.1 Å². The molecular formula is C25H28N2O2S. The van der Waals surface area contributed by atoms with Crippen molar-refractivity contribution in [1.82, 2.24) is 9.21 Å². The van der Waals surface area contributed by atoms with E-state index >= 15 is 0 Å². The highest BCUT2D eigenvalue weighted by atomic mass is 32.2. The molecule has 1 heterocycles. The molecule has 30 heavy (non-hydrogen) atoms. The number of nitrogens with zero attached hydrogens (tertiary/aromatic N) is 2. The minimum Gasteiger partial charge on any atom is -0.291 e. The Morgan fingerprint density at radius 1 is 0.867 bits per heavy atom. The van der Waals surface area contributed by atoms with Gasteiger partial charge in [0.1, 0.15) is 0 Å². The highest BCUT2D eigenvalue weighted by Crippen LogP contribution is 2.33. The van der Waals surface area contributed by atoms with E-state index in [2.05, 4.69) is 36.1 Å². The Bertz CT molecular complexity index is 1030. The Hall–Kier alpha value is -2.47. The van der Waals surface area contributed by atoms with Gasteiger partial charge in [0.15, 0.2) is 0 Å². The third-order valence-electron chi connectivity index (χ3n) is 5.82. The highest BCUT2D eigenvalue weighted by molar-refractivity contribution is 7.89. The summed E-state index contributed by atoms with van der Waals surface area (Å²) in [6.45, 7) is 6.24. The van der Waals surface area contributed by atoms with Gasteiger partial charge >= 0.3 is 0 Å². The van der Waals surface area contributed by atoms with Crippen LogP contribution in [0.5, 0.6) is 0 Å². The molecule has 4 nitrogen and oxygen atoms in total. The summed E-state index contributed by atoms with van der Waals surface area (Å²) < 4.78 is 27.8. The van der Waals surface area contributed by atoms with E-state index in [9.17, 15) is 8.42 Å². The molecular weight excluding hydrogens is 392 g/mol. The average molecular weight is 421 g/mol. The summed E-state index contributed by atoms with van der Waals surface area (Å²) in [5, 5.41) is 0. The molecule has 0 N–H and O–H groups in total. The van der Waals surface area contributed by atoms with Gasteiger partial charge in [0.2, 0.25) is 10.0 Å². The van der Waals surface area contributed by atoms with Crippen LogP contribution in [0.2, 0.25) is 0 Å². The molecule has 1 fully saturated rings. The maximum absolute atomic E-state index is 13.1. The SMILES string of the molecule is Cc1ccc(S(=O)(=O)N2C[C@@H]2[C@H](C)N(Cc2ccccc2)Cc2ccccc2)cc1. The Morgan fingerprint density at radius 2 is 1.37 bits per heavy atom. The number of hydrogen-bond acceptors (Lipinski definition) is 3. The van der Waals surface area contributed by atoms with Crippen LogP contribution in [-0.2, 0) is 23.1 Å². The van der Waals surface area contributed by atoms with Gasteiger partial charge in [0.25, 0.3) is 0 Å². The van der Waals surface area contributed by atoms with Gasteiger partial charge in [0.05, 0.1) is 10.9 Å². The fraction of sp³-hybridized carbons (Fsp3) is 0.280. The summed E-state index contributed by atoms with van der Waals surface area (Å²) in [6.07, 6.45) is 0. The lowest BCUT2D eigenvalue weighted by molar-refractivity contribution is 0.182. The average Bonchev–Trinajstić information content (AvgIpc) is 3.56. The third kappa shape index (κ3) is 4.64. The quantitative estimate of drug-likeness (QED) is 0.505. The van der Waals surface area contributed by atoms with Crippen molar-refractivity contribution in [2.45, 2.75) is 43.9 Å². The van der Waals surface area contributed by atoms with Crippen LogP contribution in [0.3, 0.4) is 0 Å². The second kappa shape index (κ2) is 8.72. The van der Waals surface area contributed by atoms with E-state index in [0.29, 0.717) is 11.4 Å². The van der Waals surface area contributed by atoms with Crippen LogP contribution in [0.25, 0.3) is 0 Å². The van der Waals surface area contributed by atoms with Crippen LogP contribution in [0.1, 0.15) is 23.6 Å². The number of hydrogen-bond donors (Lipinski definition) is 0. The summed E-state index contributed by atoms with van der Waals surface area (Å²) in [7, 11) is -3.45. The normalized spacial score (nSPS) is 19.6. The Kier molecular flexibility index (Phi) is 6.04. The molecule has 0 amide bonds. The fourth-order valence-electron chi connectivity index (χ4n) is 3.88. The van der Waals surface area contributed by atoms with E-state index in [4.69, 9.17) is 0 Å². The number of benzene rings is 3. The van der Waals surface area contributed by atoms with Crippen molar-refractivity contribution in [3.8, 4) is 0 Å².